The maximum Gasteiger partial charge on any atom is 0.255 e. The number of hydrogen-bond acceptors (Lipinski definition) is 4. The Morgan fingerprint density at radius 3 is 2.76 bits per heavy atom. The van der Waals surface area contributed by atoms with E-state index in [1.165, 1.54) is 5.69 Å². The summed E-state index contributed by atoms with van der Waals surface area (Å²) in [6.07, 6.45) is 5.85. The van der Waals surface area contributed by atoms with Gasteiger partial charge in [0.15, 0.2) is 0 Å². The lowest BCUT2D eigenvalue weighted by Crippen LogP contribution is -2.38. The van der Waals surface area contributed by atoms with Crippen LogP contribution in [0.15, 0.2) is 48.8 Å². The largest absolute Gasteiger partial charge is 0.493 e. The van der Waals surface area contributed by atoms with Crippen LogP contribution in [0, 0.1) is 5.92 Å². The predicted octanol–water partition coefficient (Wildman–Crippen LogP) is 3.13. The molecule has 2 heterocycles. The number of ether oxygens (including phenoxy) is 1. The number of para-hydroxylation sites is 1. The molecule has 0 aliphatic carbocycles. The quantitative estimate of drug-likeness (QED) is 0.878. The summed E-state index contributed by atoms with van der Waals surface area (Å²) in [4.78, 5) is 19.0. The molecular weight excluding hydrogens is 314 g/mol. The Bertz CT molecular complexity index is 682. The van der Waals surface area contributed by atoms with Crippen LogP contribution < -0.4 is 15.0 Å². The molecule has 1 aromatic carbocycles. The van der Waals surface area contributed by atoms with Crippen LogP contribution in [-0.4, -0.2) is 37.1 Å². The van der Waals surface area contributed by atoms with Gasteiger partial charge in [-0.1, -0.05) is 12.1 Å². The third-order valence-corrected chi connectivity index (χ3v) is 4.61. The first-order valence-corrected chi connectivity index (χ1v) is 8.93. The van der Waals surface area contributed by atoms with Crippen LogP contribution in [0.4, 0.5) is 5.69 Å². The van der Waals surface area contributed by atoms with Gasteiger partial charge in [-0.2, -0.15) is 0 Å². The topological polar surface area (TPSA) is 54.5 Å². The number of aromatic nitrogens is 1. The maximum absolute atomic E-state index is 12.5. The second-order valence-electron chi connectivity index (χ2n) is 6.28. The summed E-state index contributed by atoms with van der Waals surface area (Å²) in [6.45, 7) is 5.19. The van der Waals surface area contributed by atoms with Crippen LogP contribution in [0.3, 0.4) is 0 Å². The Morgan fingerprint density at radius 2 is 2.04 bits per heavy atom. The molecule has 3 rings (SSSR count). The van der Waals surface area contributed by atoms with Gasteiger partial charge in [0.05, 0.1) is 24.1 Å². The Labute approximate surface area is 149 Å². The molecule has 0 spiro atoms. The van der Waals surface area contributed by atoms with Crippen LogP contribution in [0.2, 0.25) is 0 Å². The van der Waals surface area contributed by atoms with E-state index >= 15 is 0 Å². The minimum Gasteiger partial charge on any atom is -0.493 e. The van der Waals surface area contributed by atoms with Gasteiger partial charge in [0.1, 0.15) is 5.75 Å². The van der Waals surface area contributed by atoms with Crippen LogP contribution in [0.5, 0.6) is 5.75 Å². The zero-order valence-electron chi connectivity index (χ0n) is 14.6. The summed E-state index contributed by atoms with van der Waals surface area (Å²) in [5.74, 6) is 1.10. The summed E-state index contributed by atoms with van der Waals surface area (Å²) in [5, 5.41) is 3.07. The standard InChI is InChI=1S/C20H25N3O2/c1-2-25-19-8-4-3-7-18(19)20(24)22-14-16-9-12-23(13-10-16)17-6-5-11-21-15-17/h3-8,11,15-16H,2,9-10,12-14H2,1H3,(H,22,24). The molecule has 5 heteroatoms. The molecule has 1 saturated heterocycles. The van der Waals surface area contributed by atoms with Crippen molar-refractivity contribution in [3.05, 3.63) is 54.4 Å². The number of carbonyl (C=O) groups is 1. The van der Waals surface area contributed by atoms with Crippen LogP contribution >= 0.6 is 0 Å². The maximum atomic E-state index is 12.5. The lowest BCUT2D eigenvalue weighted by atomic mass is 9.96. The van der Waals surface area contributed by atoms with Crippen molar-refractivity contribution in [2.45, 2.75) is 19.8 Å². The van der Waals surface area contributed by atoms with E-state index in [4.69, 9.17) is 4.74 Å². The Morgan fingerprint density at radius 1 is 1.24 bits per heavy atom. The molecule has 1 fully saturated rings. The number of nitrogens with zero attached hydrogens (tertiary/aromatic N) is 2. The molecule has 2 aromatic rings. The molecule has 0 bridgehead atoms. The van der Waals surface area contributed by atoms with E-state index in [0.29, 0.717) is 30.4 Å². The first-order valence-electron chi connectivity index (χ1n) is 8.93. The first-order chi connectivity index (χ1) is 12.3. The lowest BCUT2D eigenvalue weighted by Gasteiger charge is -2.33. The molecule has 1 aliphatic heterocycles. The molecule has 1 N–H and O–H groups in total. The van der Waals surface area contributed by atoms with Gasteiger partial charge < -0.3 is 15.0 Å². The fourth-order valence-corrected chi connectivity index (χ4v) is 3.20. The Hall–Kier alpha value is -2.56. The second kappa shape index (κ2) is 8.51. The first kappa shape index (κ1) is 17.3. The van der Waals surface area contributed by atoms with Crippen molar-refractivity contribution >= 4 is 11.6 Å². The van der Waals surface area contributed by atoms with E-state index in [1.54, 1.807) is 6.20 Å². The smallest absolute Gasteiger partial charge is 0.255 e. The number of amides is 1. The normalized spacial score (nSPS) is 15.0. The Balaban J connectivity index is 1.49. The average molecular weight is 339 g/mol. The average Bonchev–Trinajstić information content (AvgIpc) is 2.68. The minimum absolute atomic E-state index is 0.0567. The van der Waals surface area contributed by atoms with Crippen molar-refractivity contribution < 1.29 is 9.53 Å². The van der Waals surface area contributed by atoms with E-state index in [0.717, 1.165) is 25.9 Å². The van der Waals surface area contributed by atoms with E-state index in [1.807, 2.05) is 43.5 Å². The summed E-state index contributed by atoms with van der Waals surface area (Å²) in [5.41, 5.74) is 1.78. The summed E-state index contributed by atoms with van der Waals surface area (Å²) >= 11 is 0. The number of piperidine rings is 1. The second-order valence-corrected chi connectivity index (χ2v) is 6.28. The highest BCUT2D eigenvalue weighted by atomic mass is 16.5. The van der Waals surface area contributed by atoms with Crippen molar-refractivity contribution in [2.24, 2.45) is 5.92 Å². The zero-order chi connectivity index (χ0) is 17.5. The van der Waals surface area contributed by atoms with Gasteiger partial charge in [-0.05, 0) is 49.9 Å². The van der Waals surface area contributed by atoms with Crippen LogP contribution in [-0.2, 0) is 0 Å². The molecule has 5 nitrogen and oxygen atoms in total. The van der Waals surface area contributed by atoms with Gasteiger partial charge in [-0.3, -0.25) is 9.78 Å². The molecule has 1 aromatic heterocycles. The Kier molecular flexibility index (Phi) is 5.88. The molecule has 25 heavy (non-hydrogen) atoms. The highest BCUT2D eigenvalue weighted by Gasteiger charge is 2.21. The number of rotatable bonds is 6. The number of benzene rings is 1. The van der Waals surface area contributed by atoms with Gasteiger partial charge in [-0.25, -0.2) is 0 Å². The molecule has 0 atom stereocenters. The van der Waals surface area contributed by atoms with Crippen molar-refractivity contribution in [1.82, 2.24) is 10.3 Å². The summed E-state index contributed by atoms with van der Waals surface area (Å²) in [7, 11) is 0. The van der Waals surface area contributed by atoms with Gasteiger partial charge in [0.25, 0.3) is 5.91 Å². The van der Waals surface area contributed by atoms with Gasteiger partial charge in [0, 0.05) is 25.8 Å². The fraction of sp³-hybridized carbons (Fsp3) is 0.400. The van der Waals surface area contributed by atoms with Crippen LogP contribution in [0.1, 0.15) is 30.1 Å². The lowest BCUT2D eigenvalue weighted by molar-refractivity contribution is 0.0941. The predicted molar refractivity (Wildman–Crippen MR) is 99.1 cm³/mol. The number of pyridine rings is 1. The monoisotopic (exact) mass is 339 g/mol. The summed E-state index contributed by atoms with van der Waals surface area (Å²) < 4.78 is 5.54. The zero-order valence-corrected chi connectivity index (χ0v) is 14.6. The van der Waals surface area contributed by atoms with Crippen molar-refractivity contribution in [2.75, 3.05) is 31.1 Å². The third-order valence-electron chi connectivity index (χ3n) is 4.61. The third kappa shape index (κ3) is 4.50. The molecule has 132 valence electrons. The molecular formula is C20H25N3O2. The van der Waals surface area contributed by atoms with E-state index in [9.17, 15) is 4.79 Å². The van der Waals surface area contributed by atoms with Gasteiger partial charge in [0.2, 0.25) is 0 Å². The van der Waals surface area contributed by atoms with Gasteiger partial charge in [-0.15, -0.1) is 0 Å². The fourth-order valence-electron chi connectivity index (χ4n) is 3.20. The van der Waals surface area contributed by atoms with E-state index < -0.39 is 0 Å². The minimum atomic E-state index is -0.0567. The number of nitrogens with one attached hydrogen (secondary N) is 1. The van der Waals surface area contributed by atoms with Gasteiger partial charge >= 0.3 is 0 Å². The van der Waals surface area contributed by atoms with Crippen LogP contribution in [0.25, 0.3) is 0 Å². The highest BCUT2D eigenvalue weighted by Crippen LogP contribution is 2.22. The summed E-state index contributed by atoms with van der Waals surface area (Å²) in [6, 6.07) is 11.5. The number of anilines is 1. The molecule has 0 saturated carbocycles. The number of carbonyl (C=O) groups excluding carboxylic acids is 1. The SMILES string of the molecule is CCOc1ccccc1C(=O)NCC1CCN(c2cccnc2)CC1. The molecule has 0 unspecified atom stereocenters. The van der Waals surface area contributed by atoms with Crippen molar-refractivity contribution in [3.8, 4) is 5.75 Å². The molecule has 1 aliphatic rings. The molecule has 1 amide bonds. The highest BCUT2D eigenvalue weighted by molar-refractivity contribution is 5.96. The van der Waals surface area contributed by atoms with E-state index in [-0.39, 0.29) is 5.91 Å². The number of hydrogen-bond donors (Lipinski definition) is 1. The van der Waals surface area contributed by atoms with Crippen molar-refractivity contribution in [3.63, 3.8) is 0 Å². The molecule has 0 radical (unpaired) electrons. The van der Waals surface area contributed by atoms with E-state index in [2.05, 4.69) is 21.3 Å². The van der Waals surface area contributed by atoms with Crippen molar-refractivity contribution in [1.29, 1.82) is 0 Å².